The zero-order valence-electron chi connectivity index (χ0n) is 13.5. The van der Waals surface area contributed by atoms with Crippen molar-refractivity contribution in [1.82, 2.24) is 4.98 Å². The van der Waals surface area contributed by atoms with Gasteiger partial charge in [0.15, 0.2) is 5.13 Å². The minimum atomic E-state index is -0.306. The Bertz CT molecular complexity index is 858. The summed E-state index contributed by atoms with van der Waals surface area (Å²) < 4.78 is 5.04. The lowest BCUT2D eigenvalue weighted by Gasteiger charge is -2.02. The van der Waals surface area contributed by atoms with Crippen LogP contribution in [0.2, 0.25) is 0 Å². The predicted molar refractivity (Wildman–Crippen MR) is 100 cm³/mol. The Morgan fingerprint density at radius 3 is 2.64 bits per heavy atom. The lowest BCUT2D eigenvalue weighted by molar-refractivity contribution is -0.142. The third-order valence-electron chi connectivity index (χ3n) is 3.32. The molecule has 2 heterocycles. The molecule has 1 amide bonds. The SMILES string of the molecule is CCOC(=O)Cc1sc(NC(=O)c2cccs2)nc1-c1ccccc1. The second-order valence-electron chi connectivity index (χ2n) is 5.07. The molecule has 0 spiro atoms. The van der Waals surface area contributed by atoms with E-state index in [1.54, 1.807) is 13.0 Å². The van der Waals surface area contributed by atoms with Crippen LogP contribution in [-0.2, 0) is 16.0 Å². The van der Waals surface area contributed by atoms with Gasteiger partial charge >= 0.3 is 5.97 Å². The third kappa shape index (κ3) is 4.32. The van der Waals surface area contributed by atoms with Crippen LogP contribution in [0.4, 0.5) is 5.13 Å². The summed E-state index contributed by atoms with van der Waals surface area (Å²) in [5.41, 5.74) is 1.59. The fourth-order valence-electron chi connectivity index (χ4n) is 2.26. The number of ether oxygens (including phenoxy) is 1. The molecule has 1 N–H and O–H groups in total. The van der Waals surface area contributed by atoms with Gasteiger partial charge in [-0.05, 0) is 18.4 Å². The Labute approximate surface area is 153 Å². The topological polar surface area (TPSA) is 68.3 Å². The van der Waals surface area contributed by atoms with Crippen LogP contribution in [-0.4, -0.2) is 23.5 Å². The molecule has 128 valence electrons. The molecule has 0 atom stereocenters. The van der Waals surface area contributed by atoms with Crippen molar-refractivity contribution in [3.8, 4) is 11.3 Å². The molecule has 0 fully saturated rings. The van der Waals surface area contributed by atoms with Crippen LogP contribution in [0.15, 0.2) is 47.8 Å². The zero-order chi connectivity index (χ0) is 17.6. The highest BCUT2D eigenvalue weighted by Gasteiger charge is 2.18. The molecule has 0 aliphatic heterocycles. The lowest BCUT2D eigenvalue weighted by atomic mass is 10.1. The maximum atomic E-state index is 12.2. The minimum Gasteiger partial charge on any atom is -0.466 e. The van der Waals surface area contributed by atoms with E-state index in [1.165, 1.54) is 22.7 Å². The van der Waals surface area contributed by atoms with Crippen LogP contribution in [0.25, 0.3) is 11.3 Å². The van der Waals surface area contributed by atoms with Crippen LogP contribution in [0.1, 0.15) is 21.5 Å². The Hall–Kier alpha value is -2.51. The molecule has 0 saturated carbocycles. The van der Waals surface area contributed by atoms with Crippen molar-refractivity contribution in [2.45, 2.75) is 13.3 Å². The fraction of sp³-hybridized carbons (Fsp3) is 0.167. The minimum absolute atomic E-state index is 0.130. The van der Waals surface area contributed by atoms with E-state index in [0.717, 1.165) is 10.4 Å². The third-order valence-corrected chi connectivity index (χ3v) is 5.16. The number of benzene rings is 1. The van der Waals surface area contributed by atoms with Gasteiger partial charge in [-0.1, -0.05) is 36.4 Å². The van der Waals surface area contributed by atoms with Crippen LogP contribution in [0, 0.1) is 0 Å². The Morgan fingerprint density at radius 1 is 1.16 bits per heavy atom. The number of anilines is 1. The van der Waals surface area contributed by atoms with E-state index in [1.807, 2.05) is 41.8 Å². The quantitative estimate of drug-likeness (QED) is 0.658. The van der Waals surface area contributed by atoms with Crippen LogP contribution in [0.5, 0.6) is 0 Å². The summed E-state index contributed by atoms with van der Waals surface area (Å²) in [5, 5.41) is 5.12. The summed E-state index contributed by atoms with van der Waals surface area (Å²) in [4.78, 5) is 30.0. The van der Waals surface area contributed by atoms with E-state index in [0.29, 0.717) is 22.3 Å². The van der Waals surface area contributed by atoms with Crippen molar-refractivity contribution in [3.05, 3.63) is 57.6 Å². The normalized spacial score (nSPS) is 10.4. The predicted octanol–water partition coefficient (Wildman–Crippen LogP) is 4.23. The molecule has 0 aliphatic carbocycles. The maximum Gasteiger partial charge on any atom is 0.311 e. The zero-order valence-corrected chi connectivity index (χ0v) is 15.2. The second kappa shape index (κ2) is 8.04. The number of thiophene rings is 1. The molecular weight excluding hydrogens is 356 g/mol. The van der Waals surface area contributed by atoms with E-state index in [2.05, 4.69) is 10.3 Å². The Balaban J connectivity index is 1.88. The van der Waals surface area contributed by atoms with Crippen molar-refractivity contribution in [1.29, 1.82) is 0 Å². The number of amides is 1. The molecule has 3 rings (SSSR count). The number of rotatable bonds is 6. The Morgan fingerprint density at radius 2 is 1.96 bits per heavy atom. The van der Waals surface area contributed by atoms with Gasteiger partial charge < -0.3 is 4.74 Å². The van der Waals surface area contributed by atoms with Gasteiger partial charge in [0, 0.05) is 10.4 Å². The molecule has 1 aromatic carbocycles. The second-order valence-corrected chi connectivity index (χ2v) is 7.10. The lowest BCUT2D eigenvalue weighted by Crippen LogP contribution is -2.09. The summed E-state index contributed by atoms with van der Waals surface area (Å²) in [7, 11) is 0. The summed E-state index contributed by atoms with van der Waals surface area (Å²) >= 11 is 2.66. The molecule has 3 aromatic rings. The first kappa shape index (κ1) is 17.3. The first-order valence-corrected chi connectivity index (χ1v) is 9.42. The number of nitrogens with zero attached hydrogens (tertiary/aromatic N) is 1. The van der Waals surface area contributed by atoms with E-state index in [-0.39, 0.29) is 18.3 Å². The summed E-state index contributed by atoms with van der Waals surface area (Å²) in [6.45, 7) is 2.11. The molecule has 5 nitrogen and oxygen atoms in total. The molecule has 0 radical (unpaired) electrons. The first-order valence-electron chi connectivity index (χ1n) is 7.73. The number of nitrogens with one attached hydrogen (secondary N) is 1. The molecule has 7 heteroatoms. The molecule has 0 unspecified atom stereocenters. The van der Waals surface area contributed by atoms with Crippen molar-refractivity contribution in [2.24, 2.45) is 0 Å². The fourth-order valence-corrected chi connectivity index (χ4v) is 3.84. The number of esters is 1. The number of aromatic nitrogens is 1. The van der Waals surface area contributed by atoms with Crippen molar-refractivity contribution < 1.29 is 14.3 Å². The van der Waals surface area contributed by atoms with E-state index >= 15 is 0 Å². The molecular formula is C18H16N2O3S2. The average molecular weight is 372 g/mol. The van der Waals surface area contributed by atoms with Crippen LogP contribution < -0.4 is 5.32 Å². The number of hydrogen-bond acceptors (Lipinski definition) is 6. The van der Waals surface area contributed by atoms with E-state index in [9.17, 15) is 9.59 Å². The van der Waals surface area contributed by atoms with Crippen LogP contribution in [0.3, 0.4) is 0 Å². The summed E-state index contributed by atoms with van der Waals surface area (Å²) in [5.74, 6) is -0.509. The molecule has 0 saturated heterocycles. The molecule has 25 heavy (non-hydrogen) atoms. The summed E-state index contributed by atoms with van der Waals surface area (Å²) in [6.07, 6.45) is 0.130. The number of thiazole rings is 1. The van der Waals surface area contributed by atoms with E-state index < -0.39 is 0 Å². The number of carbonyl (C=O) groups is 2. The largest absolute Gasteiger partial charge is 0.466 e. The van der Waals surface area contributed by atoms with Gasteiger partial charge in [-0.3, -0.25) is 14.9 Å². The first-order chi connectivity index (χ1) is 12.2. The number of carbonyl (C=O) groups excluding carboxylic acids is 2. The molecule has 0 aliphatic rings. The van der Waals surface area contributed by atoms with Gasteiger partial charge in [0.2, 0.25) is 0 Å². The molecule has 0 bridgehead atoms. The van der Waals surface area contributed by atoms with Gasteiger partial charge in [-0.2, -0.15) is 0 Å². The van der Waals surface area contributed by atoms with Gasteiger partial charge in [-0.15, -0.1) is 22.7 Å². The number of hydrogen-bond donors (Lipinski definition) is 1. The smallest absolute Gasteiger partial charge is 0.311 e. The van der Waals surface area contributed by atoms with Crippen molar-refractivity contribution in [3.63, 3.8) is 0 Å². The van der Waals surface area contributed by atoms with E-state index in [4.69, 9.17) is 4.74 Å². The van der Waals surface area contributed by atoms with Gasteiger partial charge in [0.05, 0.1) is 23.6 Å². The average Bonchev–Trinajstić information content (AvgIpc) is 3.26. The van der Waals surface area contributed by atoms with Gasteiger partial charge in [-0.25, -0.2) is 4.98 Å². The standard InChI is InChI=1S/C18H16N2O3S2/c1-2-23-15(21)11-14-16(12-7-4-3-5-8-12)19-18(25-14)20-17(22)13-9-6-10-24-13/h3-10H,2,11H2,1H3,(H,19,20,22). The summed E-state index contributed by atoms with van der Waals surface area (Å²) in [6, 6.07) is 13.2. The van der Waals surface area contributed by atoms with Gasteiger partial charge in [0.25, 0.3) is 5.91 Å². The maximum absolute atomic E-state index is 12.2. The monoisotopic (exact) mass is 372 g/mol. The highest BCUT2D eigenvalue weighted by Crippen LogP contribution is 2.32. The molecule has 2 aromatic heterocycles. The highest BCUT2D eigenvalue weighted by molar-refractivity contribution is 7.16. The highest BCUT2D eigenvalue weighted by atomic mass is 32.1. The van der Waals surface area contributed by atoms with Crippen molar-refractivity contribution in [2.75, 3.05) is 11.9 Å². The van der Waals surface area contributed by atoms with Crippen molar-refractivity contribution >= 4 is 39.7 Å². The Kier molecular flexibility index (Phi) is 5.57. The van der Waals surface area contributed by atoms with Gasteiger partial charge in [0.1, 0.15) is 0 Å². The van der Waals surface area contributed by atoms with Crippen LogP contribution >= 0.6 is 22.7 Å².